The van der Waals surface area contributed by atoms with Gasteiger partial charge in [0.15, 0.2) is 0 Å². The van der Waals surface area contributed by atoms with Gasteiger partial charge in [0.25, 0.3) is 0 Å². The van der Waals surface area contributed by atoms with Crippen molar-refractivity contribution in [3.05, 3.63) is 29.8 Å². The molecule has 0 aromatic heterocycles. The van der Waals surface area contributed by atoms with Crippen LogP contribution in [-0.2, 0) is 16.6 Å². The van der Waals surface area contributed by atoms with Gasteiger partial charge in [0.1, 0.15) is 0 Å². The summed E-state index contributed by atoms with van der Waals surface area (Å²) < 4.78 is 25.3. The van der Waals surface area contributed by atoms with E-state index in [9.17, 15) is 8.42 Å². The molecule has 0 saturated carbocycles. The van der Waals surface area contributed by atoms with Crippen LogP contribution in [0.2, 0.25) is 0 Å². The van der Waals surface area contributed by atoms with E-state index in [1.165, 1.54) is 18.4 Å². The lowest BCUT2D eigenvalue weighted by molar-refractivity contribution is 0.196. The minimum atomic E-state index is -3.39. The second-order valence-electron chi connectivity index (χ2n) is 4.53. The summed E-state index contributed by atoms with van der Waals surface area (Å²) in [6, 6.07) is 6.93. The highest BCUT2D eigenvalue weighted by Crippen LogP contribution is 2.16. The largest absolute Gasteiger partial charge is 0.395 e. The van der Waals surface area contributed by atoms with Crippen molar-refractivity contribution >= 4 is 10.0 Å². The topological polar surface area (TPSA) is 60.9 Å². The monoisotopic (exact) mass is 286 g/mol. The highest BCUT2D eigenvalue weighted by molar-refractivity contribution is 7.89. The van der Waals surface area contributed by atoms with Crippen LogP contribution in [0, 0.1) is 0 Å². The lowest BCUT2D eigenvalue weighted by Gasteiger charge is -2.19. The molecule has 0 unspecified atom stereocenters. The van der Waals surface area contributed by atoms with Gasteiger partial charge in [0, 0.05) is 27.2 Å². The maximum absolute atomic E-state index is 12.0. The third kappa shape index (κ3) is 4.28. The standard InChI is InChI=1S/C13H22N2O3S/c1-4-15(8-9-16)11-12-6-5-7-13(10-12)19(17,18)14(2)3/h5-7,10,16H,4,8-9,11H2,1-3H3. The number of sulfonamides is 1. The molecule has 5 nitrogen and oxygen atoms in total. The first-order chi connectivity index (χ1) is 8.91. The smallest absolute Gasteiger partial charge is 0.242 e. The molecule has 6 heteroatoms. The Kier molecular flexibility index (Phi) is 5.93. The van der Waals surface area contributed by atoms with Gasteiger partial charge in [-0.15, -0.1) is 0 Å². The Labute approximate surface area is 115 Å². The van der Waals surface area contributed by atoms with E-state index in [1.54, 1.807) is 18.2 Å². The van der Waals surface area contributed by atoms with Crippen molar-refractivity contribution in [1.82, 2.24) is 9.21 Å². The molecular formula is C13H22N2O3S. The van der Waals surface area contributed by atoms with E-state index in [0.29, 0.717) is 18.0 Å². The first-order valence-electron chi connectivity index (χ1n) is 6.26. The van der Waals surface area contributed by atoms with Crippen LogP contribution >= 0.6 is 0 Å². The van der Waals surface area contributed by atoms with Crippen LogP contribution in [0.15, 0.2) is 29.2 Å². The average molecular weight is 286 g/mol. The average Bonchev–Trinajstić information content (AvgIpc) is 2.38. The molecule has 0 atom stereocenters. The lowest BCUT2D eigenvalue weighted by atomic mass is 10.2. The molecule has 0 bridgehead atoms. The molecule has 0 spiro atoms. The number of nitrogens with zero attached hydrogens (tertiary/aromatic N) is 2. The minimum Gasteiger partial charge on any atom is -0.395 e. The van der Waals surface area contributed by atoms with Crippen LogP contribution in [0.4, 0.5) is 0 Å². The normalized spacial score (nSPS) is 12.3. The molecule has 0 aliphatic rings. The zero-order valence-electron chi connectivity index (χ0n) is 11.7. The molecule has 1 aromatic rings. The molecule has 1 N–H and O–H groups in total. The first-order valence-corrected chi connectivity index (χ1v) is 7.70. The second kappa shape index (κ2) is 7.00. The number of aliphatic hydroxyl groups is 1. The summed E-state index contributed by atoms with van der Waals surface area (Å²) in [7, 11) is -0.349. The number of rotatable bonds is 7. The molecule has 0 saturated heterocycles. The van der Waals surface area contributed by atoms with Crippen molar-refractivity contribution in [2.24, 2.45) is 0 Å². The molecule has 19 heavy (non-hydrogen) atoms. The third-order valence-electron chi connectivity index (χ3n) is 2.95. The quantitative estimate of drug-likeness (QED) is 0.803. The van der Waals surface area contributed by atoms with Crippen LogP contribution in [0.5, 0.6) is 0 Å². The van der Waals surface area contributed by atoms with E-state index in [1.807, 2.05) is 13.0 Å². The summed E-state index contributed by atoms with van der Waals surface area (Å²) in [6.45, 7) is 4.14. The number of aliphatic hydroxyl groups excluding tert-OH is 1. The second-order valence-corrected chi connectivity index (χ2v) is 6.68. The Hall–Kier alpha value is -0.950. The molecule has 108 valence electrons. The SMILES string of the molecule is CCN(CCO)Cc1cccc(S(=O)(=O)N(C)C)c1. The number of benzene rings is 1. The highest BCUT2D eigenvalue weighted by Gasteiger charge is 2.17. The summed E-state index contributed by atoms with van der Waals surface area (Å²) in [5.74, 6) is 0. The molecule has 0 aliphatic heterocycles. The van der Waals surface area contributed by atoms with E-state index >= 15 is 0 Å². The highest BCUT2D eigenvalue weighted by atomic mass is 32.2. The number of hydrogen-bond donors (Lipinski definition) is 1. The van der Waals surface area contributed by atoms with Crippen LogP contribution in [0.25, 0.3) is 0 Å². The van der Waals surface area contributed by atoms with Crippen molar-refractivity contribution in [3.63, 3.8) is 0 Å². The van der Waals surface area contributed by atoms with Gasteiger partial charge in [0.05, 0.1) is 11.5 Å². The predicted molar refractivity (Wildman–Crippen MR) is 75.4 cm³/mol. The van der Waals surface area contributed by atoms with Crippen molar-refractivity contribution in [2.45, 2.75) is 18.4 Å². The Morgan fingerprint density at radius 2 is 1.95 bits per heavy atom. The zero-order chi connectivity index (χ0) is 14.5. The number of likely N-dealkylation sites (N-methyl/N-ethyl adjacent to an activating group) is 1. The lowest BCUT2D eigenvalue weighted by Crippen LogP contribution is -2.26. The van der Waals surface area contributed by atoms with Gasteiger partial charge in [-0.1, -0.05) is 19.1 Å². The van der Waals surface area contributed by atoms with Gasteiger partial charge in [-0.3, -0.25) is 4.90 Å². The van der Waals surface area contributed by atoms with E-state index in [-0.39, 0.29) is 6.61 Å². The predicted octanol–water partition coefficient (Wildman–Crippen LogP) is 0.751. The Bertz CT molecular complexity index is 500. The molecule has 1 rings (SSSR count). The van der Waals surface area contributed by atoms with Crippen molar-refractivity contribution < 1.29 is 13.5 Å². The van der Waals surface area contributed by atoms with Gasteiger partial charge in [-0.05, 0) is 24.2 Å². The van der Waals surface area contributed by atoms with E-state index in [4.69, 9.17) is 5.11 Å². The Morgan fingerprint density at radius 1 is 1.26 bits per heavy atom. The van der Waals surface area contributed by atoms with E-state index in [0.717, 1.165) is 12.1 Å². The van der Waals surface area contributed by atoms with Gasteiger partial charge in [-0.2, -0.15) is 0 Å². The van der Waals surface area contributed by atoms with Crippen LogP contribution in [0.3, 0.4) is 0 Å². The van der Waals surface area contributed by atoms with E-state index < -0.39 is 10.0 Å². The van der Waals surface area contributed by atoms with Crippen molar-refractivity contribution in [1.29, 1.82) is 0 Å². The Morgan fingerprint density at radius 3 is 2.47 bits per heavy atom. The summed E-state index contributed by atoms with van der Waals surface area (Å²) in [5.41, 5.74) is 0.929. The molecule has 0 heterocycles. The molecular weight excluding hydrogens is 264 g/mol. The van der Waals surface area contributed by atoms with Crippen molar-refractivity contribution in [3.8, 4) is 0 Å². The maximum atomic E-state index is 12.0. The maximum Gasteiger partial charge on any atom is 0.242 e. The summed E-state index contributed by atoms with van der Waals surface area (Å²) in [4.78, 5) is 2.36. The van der Waals surface area contributed by atoms with Gasteiger partial charge < -0.3 is 5.11 Å². The fraction of sp³-hybridized carbons (Fsp3) is 0.538. The summed E-state index contributed by atoms with van der Waals surface area (Å²) in [5, 5.41) is 8.96. The van der Waals surface area contributed by atoms with E-state index in [2.05, 4.69) is 4.90 Å². The van der Waals surface area contributed by atoms with Gasteiger partial charge >= 0.3 is 0 Å². The summed E-state index contributed by atoms with van der Waals surface area (Å²) in [6.07, 6.45) is 0. The molecule has 0 fully saturated rings. The molecule has 0 amide bonds. The first kappa shape index (κ1) is 16.1. The fourth-order valence-corrected chi connectivity index (χ4v) is 2.74. The minimum absolute atomic E-state index is 0.101. The molecule has 0 aliphatic carbocycles. The third-order valence-corrected chi connectivity index (χ3v) is 4.76. The van der Waals surface area contributed by atoms with Crippen LogP contribution < -0.4 is 0 Å². The number of hydrogen-bond acceptors (Lipinski definition) is 4. The van der Waals surface area contributed by atoms with Crippen molar-refractivity contribution in [2.75, 3.05) is 33.8 Å². The Balaban J connectivity index is 2.95. The van der Waals surface area contributed by atoms with Gasteiger partial charge in [-0.25, -0.2) is 12.7 Å². The molecule has 0 radical (unpaired) electrons. The fourth-order valence-electron chi connectivity index (χ4n) is 1.76. The molecule has 1 aromatic carbocycles. The summed E-state index contributed by atoms with van der Waals surface area (Å²) >= 11 is 0. The van der Waals surface area contributed by atoms with Crippen LogP contribution in [-0.4, -0.2) is 56.5 Å². The van der Waals surface area contributed by atoms with Crippen LogP contribution in [0.1, 0.15) is 12.5 Å². The van der Waals surface area contributed by atoms with Gasteiger partial charge in [0.2, 0.25) is 10.0 Å². The zero-order valence-corrected chi connectivity index (χ0v) is 12.5.